The van der Waals surface area contributed by atoms with Crippen LogP contribution < -0.4 is 0 Å². The van der Waals surface area contributed by atoms with Crippen molar-refractivity contribution in [2.24, 2.45) is 0 Å². The fourth-order valence-electron chi connectivity index (χ4n) is 3.00. The normalized spacial score (nSPS) is 10.8. The van der Waals surface area contributed by atoms with E-state index in [0.29, 0.717) is 45.1 Å². The first-order valence-electron chi connectivity index (χ1n) is 8.92. The number of pyridine rings is 1. The Morgan fingerprint density at radius 1 is 1.10 bits per heavy atom. The average molecular weight is 403 g/mol. The van der Waals surface area contributed by atoms with E-state index in [4.69, 9.17) is 8.94 Å². The highest BCUT2D eigenvalue weighted by Crippen LogP contribution is 2.34. The van der Waals surface area contributed by atoms with E-state index < -0.39 is 0 Å². The first-order valence-corrected chi connectivity index (χ1v) is 9.91. The fraction of sp³-hybridized carbons (Fsp3) is 0.190. The lowest BCUT2D eigenvalue weighted by molar-refractivity contribution is 0.399. The van der Waals surface area contributed by atoms with Gasteiger partial charge < -0.3 is 8.94 Å². The molecule has 0 saturated carbocycles. The van der Waals surface area contributed by atoms with Crippen molar-refractivity contribution in [2.45, 2.75) is 31.6 Å². The molecule has 0 aliphatic rings. The molecule has 29 heavy (non-hydrogen) atoms. The van der Waals surface area contributed by atoms with Gasteiger partial charge in [-0.2, -0.15) is 5.26 Å². The lowest BCUT2D eigenvalue weighted by Crippen LogP contribution is -1.94. The van der Waals surface area contributed by atoms with Crippen LogP contribution in [0.1, 0.15) is 28.5 Å². The summed E-state index contributed by atoms with van der Waals surface area (Å²) in [5.74, 6) is 1.80. The highest BCUT2D eigenvalue weighted by Gasteiger charge is 2.22. The number of rotatable bonds is 5. The minimum Gasteiger partial charge on any atom is -0.420 e. The van der Waals surface area contributed by atoms with Crippen LogP contribution in [-0.4, -0.2) is 20.3 Å². The van der Waals surface area contributed by atoms with Crippen molar-refractivity contribution in [1.29, 1.82) is 5.26 Å². The van der Waals surface area contributed by atoms with E-state index in [2.05, 4.69) is 26.4 Å². The largest absolute Gasteiger partial charge is 0.420 e. The Morgan fingerprint density at radius 3 is 2.66 bits per heavy atom. The summed E-state index contributed by atoms with van der Waals surface area (Å²) in [6.07, 6.45) is 0. The molecule has 3 heterocycles. The van der Waals surface area contributed by atoms with Gasteiger partial charge in [0.15, 0.2) is 0 Å². The lowest BCUT2D eigenvalue weighted by atomic mass is 10.1. The van der Waals surface area contributed by atoms with Crippen molar-refractivity contribution in [3.8, 4) is 28.8 Å². The molecule has 0 bridgehead atoms. The van der Waals surface area contributed by atoms with Crippen LogP contribution in [0.2, 0.25) is 0 Å². The summed E-state index contributed by atoms with van der Waals surface area (Å²) >= 11 is 1.40. The third-order valence-electron chi connectivity index (χ3n) is 4.35. The second kappa shape index (κ2) is 7.89. The molecule has 0 spiro atoms. The van der Waals surface area contributed by atoms with E-state index >= 15 is 0 Å². The molecule has 0 radical (unpaired) electrons. The van der Waals surface area contributed by atoms with Gasteiger partial charge in [-0.1, -0.05) is 47.3 Å². The molecule has 8 heteroatoms. The summed E-state index contributed by atoms with van der Waals surface area (Å²) in [6.45, 7) is 5.62. The van der Waals surface area contributed by atoms with Gasteiger partial charge in [-0.15, -0.1) is 10.2 Å². The van der Waals surface area contributed by atoms with Gasteiger partial charge >= 0.3 is 0 Å². The Morgan fingerprint density at radius 2 is 1.90 bits per heavy atom. The molecule has 0 amide bonds. The summed E-state index contributed by atoms with van der Waals surface area (Å²) in [4.78, 5) is 4.47. The Balaban J connectivity index is 1.60. The highest BCUT2D eigenvalue weighted by atomic mass is 32.2. The zero-order valence-corrected chi connectivity index (χ0v) is 16.9. The van der Waals surface area contributed by atoms with Crippen LogP contribution in [0.25, 0.3) is 22.7 Å². The van der Waals surface area contributed by atoms with E-state index in [1.54, 1.807) is 0 Å². The number of hydrogen-bond acceptors (Lipinski definition) is 8. The molecular formula is C21H17N5O2S. The minimum atomic E-state index is 0.354. The van der Waals surface area contributed by atoms with Crippen molar-refractivity contribution < 1.29 is 8.94 Å². The molecule has 144 valence electrons. The number of aromatic nitrogens is 4. The standard InChI is InChI=1S/C21H17N5O2S/c1-12-9-13(2)23-21(16(12)10-22)29-11-17-24-25-20(27-17)18-14(3)28-26-19(18)15-7-5-4-6-8-15/h4-9H,11H2,1-3H3. The van der Waals surface area contributed by atoms with Gasteiger partial charge in [-0.25, -0.2) is 4.98 Å². The third-order valence-corrected chi connectivity index (χ3v) is 5.31. The number of hydrogen-bond donors (Lipinski definition) is 0. The summed E-state index contributed by atoms with van der Waals surface area (Å²) in [6, 6.07) is 13.8. The van der Waals surface area contributed by atoms with Crippen LogP contribution in [-0.2, 0) is 5.75 Å². The van der Waals surface area contributed by atoms with Gasteiger partial charge in [0, 0.05) is 11.3 Å². The van der Waals surface area contributed by atoms with Gasteiger partial charge in [0.2, 0.25) is 5.89 Å². The van der Waals surface area contributed by atoms with Crippen LogP contribution in [0.15, 0.2) is 50.4 Å². The topological polar surface area (TPSA) is 102 Å². The monoisotopic (exact) mass is 403 g/mol. The molecule has 0 unspecified atom stereocenters. The predicted octanol–water partition coefficient (Wildman–Crippen LogP) is 4.88. The SMILES string of the molecule is Cc1cc(C)c(C#N)c(SCc2nnc(-c3c(-c4ccccc4)noc3C)o2)n1. The minimum absolute atomic E-state index is 0.354. The molecule has 0 aliphatic heterocycles. The van der Waals surface area contributed by atoms with Crippen molar-refractivity contribution >= 4 is 11.8 Å². The number of nitrogens with zero attached hydrogens (tertiary/aromatic N) is 5. The Bertz CT molecular complexity index is 1210. The van der Waals surface area contributed by atoms with Crippen LogP contribution in [0.5, 0.6) is 0 Å². The zero-order chi connectivity index (χ0) is 20.4. The molecule has 0 aliphatic carbocycles. The van der Waals surface area contributed by atoms with Crippen molar-refractivity contribution in [2.75, 3.05) is 0 Å². The molecule has 4 rings (SSSR count). The summed E-state index contributed by atoms with van der Waals surface area (Å²) in [7, 11) is 0. The fourth-order valence-corrected chi connectivity index (χ4v) is 3.94. The van der Waals surface area contributed by atoms with Crippen LogP contribution in [0.3, 0.4) is 0 Å². The van der Waals surface area contributed by atoms with Gasteiger partial charge in [0.1, 0.15) is 28.1 Å². The molecule has 1 aromatic carbocycles. The summed E-state index contributed by atoms with van der Waals surface area (Å²) in [5.41, 5.74) is 4.59. The highest BCUT2D eigenvalue weighted by molar-refractivity contribution is 7.98. The smallest absolute Gasteiger partial charge is 0.253 e. The lowest BCUT2D eigenvalue weighted by Gasteiger charge is -2.05. The van der Waals surface area contributed by atoms with Crippen molar-refractivity contribution in [3.05, 3.63) is 64.9 Å². The van der Waals surface area contributed by atoms with Crippen LogP contribution >= 0.6 is 11.8 Å². The van der Waals surface area contributed by atoms with Crippen molar-refractivity contribution in [1.82, 2.24) is 20.3 Å². The third kappa shape index (κ3) is 3.77. The number of benzene rings is 1. The van der Waals surface area contributed by atoms with Crippen molar-refractivity contribution in [3.63, 3.8) is 0 Å². The maximum Gasteiger partial charge on any atom is 0.253 e. The van der Waals surface area contributed by atoms with E-state index in [1.165, 1.54) is 11.8 Å². The summed E-state index contributed by atoms with van der Waals surface area (Å²) in [5, 5.41) is 22.6. The van der Waals surface area contributed by atoms with Crippen LogP contribution in [0.4, 0.5) is 0 Å². The van der Waals surface area contributed by atoms with Gasteiger partial charge in [0.25, 0.3) is 5.89 Å². The molecule has 4 aromatic rings. The quantitative estimate of drug-likeness (QED) is 0.435. The Hall–Kier alpha value is -3.44. The van der Waals surface area contributed by atoms with Crippen LogP contribution in [0, 0.1) is 32.1 Å². The average Bonchev–Trinajstić information content (AvgIpc) is 3.33. The molecule has 3 aromatic heterocycles. The molecule has 0 N–H and O–H groups in total. The van der Waals surface area contributed by atoms with Gasteiger partial charge in [0.05, 0.1) is 11.3 Å². The molecule has 7 nitrogen and oxygen atoms in total. The second-order valence-electron chi connectivity index (χ2n) is 6.49. The Labute approximate surface area is 171 Å². The molecular weight excluding hydrogens is 386 g/mol. The number of thioether (sulfide) groups is 1. The summed E-state index contributed by atoms with van der Waals surface area (Å²) < 4.78 is 11.2. The predicted molar refractivity (Wildman–Crippen MR) is 108 cm³/mol. The first-order chi connectivity index (χ1) is 14.1. The van der Waals surface area contributed by atoms with E-state index in [1.807, 2.05) is 57.2 Å². The van der Waals surface area contributed by atoms with E-state index in [0.717, 1.165) is 16.8 Å². The maximum atomic E-state index is 9.41. The zero-order valence-electron chi connectivity index (χ0n) is 16.1. The number of nitriles is 1. The van der Waals surface area contributed by atoms with E-state index in [-0.39, 0.29) is 0 Å². The van der Waals surface area contributed by atoms with Gasteiger partial charge in [-0.3, -0.25) is 0 Å². The molecule has 0 fully saturated rings. The Kier molecular flexibility index (Phi) is 5.14. The molecule has 0 atom stereocenters. The maximum absolute atomic E-state index is 9.41. The molecule has 0 saturated heterocycles. The first kappa shape index (κ1) is 18.9. The second-order valence-corrected chi connectivity index (χ2v) is 7.45. The number of aryl methyl sites for hydroxylation is 3. The van der Waals surface area contributed by atoms with E-state index in [9.17, 15) is 5.26 Å². The van der Waals surface area contributed by atoms with Gasteiger partial charge in [-0.05, 0) is 32.4 Å².